The molecule has 1 N–H and O–H groups in total. The van der Waals surface area contributed by atoms with Crippen LogP contribution in [-0.4, -0.2) is 26.1 Å². The molecular weight excluding hydrogens is 262 g/mol. The van der Waals surface area contributed by atoms with Crippen molar-refractivity contribution in [1.82, 2.24) is 15.0 Å². The van der Waals surface area contributed by atoms with E-state index >= 15 is 0 Å². The first-order chi connectivity index (χ1) is 9.24. The van der Waals surface area contributed by atoms with Crippen molar-refractivity contribution in [2.45, 2.75) is 38.6 Å². The summed E-state index contributed by atoms with van der Waals surface area (Å²) in [5, 5.41) is 20.9. The summed E-state index contributed by atoms with van der Waals surface area (Å²) in [5.41, 5.74) is 2.26. The lowest BCUT2D eigenvalue weighted by Crippen LogP contribution is -2.01. The van der Waals surface area contributed by atoms with E-state index in [0.29, 0.717) is 6.42 Å². The lowest BCUT2D eigenvalue weighted by Gasteiger charge is -1.97. The van der Waals surface area contributed by atoms with Crippen LogP contribution in [-0.2, 0) is 24.2 Å². The number of carboxylic acids is 1. The number of unbranched alkanes of at least 4 members (excludes halogenated alkanes) is 1. The SMILES string of the molecule is O=C(O)CCCCc1cn(CCc2ccsc2)nn1. The van der Waals surface area contributed by atoms with Crippen molar-refractivity contribution in [3.63, 3.8) is 0 Å². The molecule has 2 aromatic heterocycles. The van der Waals surface area contributed by atoms with Crippen LogP contribution in [0.2, 0.25) is 0 Å². The standard InChI is InChI=1S/C13H17N3O2S/c17-13(18)4-2-1-3-12-9-16(15-14-12)7-5-11-6-8-19-10-11/h6,8-10H,1-5,7H2,(H,17,18). The number of rotatable bonds is 8. The molecule has 0 atom stereocenters. The van der Waals surface area contributed by atoms with E-state index in [0.717, 1.165) is 31.5 Å². The van der Waals surface area contributed by atoms with Crippen LogP contribution < -0.4 is 0 Å². The van der Waals surface area contributed by atoms with Gasteiger partial charge in [-0.2, -0.15) is 11.3 Å². The van der Waals surface area contributed by atoms with Gasteiger partial charge in [-0.15, -0.1) is 5.10 Å². The van der Waals surface area contributed by atoms with Crippen LogP contribution in [0.4, 0.5) is 0 Å². The molecule has 0 amide bonds. The largest absolute Gasteiger partial charge is 0.481 e. The van der Waals surface area contributed by atoms with Gasteiger partial charge in [0.25, 0.3) is 0 Å². The quantitative estimate of drug-likeness (QED) is 0.753. The van der Waals surface area contributed by atoms with Gasteiger partial charge in [-0.25, -0.2) is 0 Å². The highest BCUT2D eigenvalue weighted by molar-refractivity contribution is 7.07. The molecular formula is C13H17N3O2S. The van der Waals surface area contributed by atoms with Crippen LogP contribution >= 0.6 is 11.3 Å². The van der Waals surface area contributed by atoms with Gasteiger partial charge >= 0.3 is 5.97 Å². The molecule has 0 aliphatic rings. The number of aromatic nitrogens is 3. The second kappa shape index (κ2) is 7.04. The highest BCUT2D eigenvalue weighted by Gasteiger charge is 2.03. The Labute approximate surface area is 115 Å². The second-order valence-electron chi connectivity index (χ2n) is 4.46. The zero-order chi connectivity index (χ0) is 13.5. The van der Waals surface area contributed by atoms with Crippen molar-refractivity contribution in [2.75, 3.05) is 0 Å². The Hall–Kier alpha value is -1.69. The molecule has 0 saturated heterocycles. The van der Waals surface area contributed by atoms with Crippen LogP contribution in [0, 0.1) is 0 Å². The van der Waals surface area contributed by atoms with Gasteiger partial charge in [0.2, 0.25) is 0 Å². The lowest BCUT2D eigenvalue weighted by molar-refractivity contribution is -0.137. The molecule has 2 heterocycles. The number of carboxylic acid groups (broad SMARTS) is 1. The highest BCUT2D eigenvalue weighted by Crippen LogP contribution is 2.08. The summed E-state index contributed by atoms with van der Waals surface area (Å²) in [6.45, 7) is 0.832. The molecule has 0 radical (unpaired) electrons. The molecule has 0 aliphatic carbocycles. The number of aryl methyl sites for hydroxylation is 3. The summed E-state index contributed by atoms with van der Waals surface area (Å²) in [5.74, 6) is -0.737. The third kappa shape index (κ3) is 4.82. The molecule has 0 unspecified atom stereocenters. The summed E-state index contributed by atoms with van der Waals surface area (Å²) in [7, 11) is 0. The lowest BCUT2D eigenvalue weighted by atomic mass is 10.1. The minimum absolute atomic E-state index is 0.228. The Morgan fingerprint density at radius 2 is 2.26 bits per heavy atom. The van der Waals surface area contributed by atoms with Crippen LogP contribution in [0.25, 0.3) is 0 Å². The van der Waals surface area contributed by atoms with Crippen molar-refractivity contribution in [3.8, 4) is 0 Å². The second-order valence-corrected chi connectivity index (χ2v) is 5.24. The van der Waals surface area contributed by atoms with Crippen molar-refractivity contribution >= 4 is 17.3 Å². The summed E-state index contributed by atoms with van der Waals surface area (Å²) in [4.78, 5) is 10.4. The minimum atomic E-state index is -0.737. The Balaban J connectivity index is 1.71. The average Bonchev–Trinajstić information content (AvgIpc) is 3.03. The minimum Gasteiger partial charge on any atom is -0.481 e. The van der Waals surface area contributed by atoms with Crippen molar-refractivity contribution < 1.29 is 9.90 Å². The zero-order valence-corrected chi connectivity index (χ0v) is 11.5. The van der Waals surface area contributed by atoms with Gasteiger partial charge in [0.1, 0.15) is 0 Å². The molecule has 5 nitrogen and oxygen atoms in total. The van der Waals surface area contributed by atoms with E-state index in [1.54, 1.807) is 11.3 Å². The number of nitrogens with zero attached hydrogens (tertiary/aromatic N) is 3. The fraction of sp³-hybridized carbons (Fsp3) is 0.462. The smallest absolute Gasteiger partial charge is 0.303 e. The average molecular weight is 279 g/mol. The Morgan fingerprint density at radius 3 is 3.00 bits per heavy atom. The van der Waals surface area contributed by atoms with Crippen molar-refractivity contribution in [1.29, 1.82) is 0 Å². The monoisotopic (exact) mass is 279 g/mol. The first-order valence-corrected chi connectivity index (χ1v) is 7.30. The zero-order valence-electron chi connectivity index (χ0n) is 10.7. The molecule has 2 rings (SSSR count). The van der Waals surface area contributed by atoms with Crippen LogP contribution in [0.3, 0.4) is 0 Å². The fourth-order valence-corrected chi connectivity index (χ4v) is 2.53. The maximum absolute atomic E-state index is 10.4. The number of hydrogen-bond acceptors (Lipinski definition) is 4. The van der Waals surface area contributed by atoms with E-state index in [9.17, 15) is 4.79 Å². The molecule has 0 bridgehead atoms. The maximum atomic E-state index is 10.4. The molecule has 0 spiro atoms. The molecule has 19 heavy (non-hydrogen) atoms. The van der Waals surface area contributed by atoms with E-state index in [2.05, 4.69) is 27.1 Å². The van der Waals surface area contributed by atoms with Crippen molar-refractivity contribution in [2.24, 2.45) is 0 Å². The Kier molecular flexibility index (Phi) is 5.09. The van der Waals surface area contributed by atoms with Gasteiger partial charge < -0.3 is 5.11 Å². The van der Waals surface area contributed by atoms with Crippen LogP contribution in [0.15, 0.2) is 23.0 Å². The van der Waals surface area contributed by atoms with E-state index in [1.165, 1.54) is 5.56 Å². The van der Waals surface area contributed by atoms with E-state index in [1.807, 2.05) is 10.9 Å². The first-order valence-electron chi connectivity index (χ1n) is 6.36. The van der Waals surface area contributed by atoms with E-state index in [4.69, 9.17) is 5.11 Å². The normalized spacial score (nSPS) is 10.7. The highest BCUT2D eigenvalue weighted by atomic mass is 32.1. The summed E-state index contributed by atoms with van der Waals surface area (Å²) >= 11 is 1.70. The molecule has 6 heteroatoms. The molecule has 102 valence electrons. The summed E-state index contributed by atoms with van der Waals surface area (Å²) in [6, 6.07) is 2.12. The van der Waals surface area contributed by atoms with Gasteiger partial charge in [-0.3, -0.25) is 9.48 Å². The third-order valence-corrected chi connectivity index (χ3v) is 3.60. The van der Waals surface area contributed by atoms with Gasteiger partial charge in [0.05, 0.1) is 5.69 Å². The molecule has 0 aromatic carbocycles. The van der Waals surface area contributed by atoms with Crippen molar-refractivity contribution in [3.05, 3.63) is 34.3 Å². The van der Waals surface area contributed by atoms with Crippen LogP contribution in [0.1, 0.15) is 30.5 Å². The third-order valence-electron chi connectivity index (χ3n) is 2.87. The predicted octanol–water partition coefficient (Wildman–Crippen LogP) is 2.38. The Bertz CT molecular complexity index is 508. The number of carbonyl (C=O) groups is 1. The van der Waals surface area contributed by atoms with Crippen LogP contribution in [0.5, 0.6) is 0 Å². The molecule has 2 aromatic rings. The Morgan fingerprint density at radius 1 is 1.37 bits per heavy atom. The van der Waals surface area contributed by atoms with Gasteiger partial charge in [0, 0.05) is 19.2 Å². The van der Waals surface area contributed by atoms with E-state index in [-0.39, 0.29) is 6.42 Å². The van der Waals surface area contributed by atoms with Gasteiger partial charge in [-0.1, -0.05) is 5.21 Å². The molecule has 0 saturated carbocycles. The first kappa shape index (κ1) is 13.7. The van der Waals surface area contributed by atoms with E-state index < -0.39 is 5.97 Å². The predicted molar refractivity (Wildman–Crippen MR) is 73.2 cm³/mol. The fourth-order valence-electron chi connectivity index (χ4n) is 1.82. The number of aliphatic carboxylic acids is 1. The topological polar surface area (TPSA) is 68.0 Å². The summed E-state index contributed by atoms with van der Waals surface area (Å²) < 4.78 is 1.85. The van der Waals surface area contributed by atoms with Gasteiger partial charge in [0.15, 0.2) is 0 Å². The van der Waals surface area contributed by atoms with Gasteiger partial charge in [-0.05, 0) is 48.1 Å². The molecule has 0 fully saturated rings. The number of hydrogen-bond donors (Lipinski definition) is 1. The molecule has 0 aliphatic heterocycles. The maximum Gasteiger partial charge on any atom is 0.303 e. The summed E-state index contributed by atoms with van der Waals surface area (Å²) in [6.07, 6.45) is 5.48. The number of thiophene rings is 1.